The van der Waals surface area contributed by atoms with E-state index in [4.69, 9.17) is 5.11 Å². The summed E-state index contributed by atoms with van der Waals surface area (Å²) in [5.74, 6) is -3.07. The number of carboxylic acid groups (broad SMARTS) is 1. The predicted molar refractivity (Wildman–Crippen MR) is 105 cm³/mol. The van der Waals surface area contributed by atoms with Gasteiger partial charge < -0.3 is 15.5 Å². The molecular weight excluding hydrogens is 361 g/mol. The minimum absolute atomic E-state index is 0.0285. The number of amides is 1. The fourth-order valence-corrected chi connectivity index (χ4v) is 3.73. The van der Waals surface area contributed by atoms with Gasteiger partial charge in [0.25, 0.3) is 5.91 Å². The quantitative estimate of drug-likeness (QED) is 0.661. The Morgan fingerprint density at radius 3 is 2.11 bits per heavy atom. The van der Waals surface area contributed by atoms with Crippen molar-refractivity contribution >= 4 is 17.6 Å². The first-order valence-electron chi connectivity index (χ1n) is 9.14. The lowest BCUT2D eigenvalue weighted by atomic mass is 9.63. The summed E-state index contributed by atoms with van der Waals surface area (Å²) in [7, 11) is 0. The highest BCUT2D eigenvalue weighted by molar-refractivity contribution is 6.05. The maximum atomic E-state index is 13.9. The molecule has 0 aliphatic heterocycles. The van der Waals surface area contributed by atoms with Gasteiger partial charge in [0.1, 0.15) is 11.6 Å². The predicted octanol–water partition coefficient (Wildman–Crippen LogP) is 4.83. The van der Waals surface area contributed by atoms with Crippen molar-refractivity contribution in [2.24, 2.45) is 0 Å². The van der Waals surface area contributed by atoms with Gasteiger partial charge in [0.2, 0.25) is 0 Å². The van der Waals surface area contributed by atoms with Crippen molar-refractivity contribution in [2.45, 2.75) is 51.4 Å². The molecule has 2 aromatic carbocycles. The number of phenols is 1. The number of anilines is 1. The molecule has 2 aromatic rings. The Hall–Kier alpha value is -2.89. The van der Waals surface area contributed by atoms with Crippen LogP contribution in [0, 0.1) is 5.82 Å². The van der Waals surface area contributed by atoms with Crippen molar-refractivity contribution in [3.8, 4) is 5.75 Å². The molecule has 3 N–H and O–H groups in total. The van der Waals surface area contributed by atoms with Crippen LogP contribution in [0.25, 0.3) is 0 Å². The lowest BCUT2D eigenvalue weighted by Gasteiger charge is -2.42. The van der Waals surface area contributed by atoms with Crippen molar-refractivity contribution in [1.29, 1.82) is 0 Å². The Labute approximate surface area is 163 Å². The van der Waals surface area contributed by atoms with Gasteiger partial charge in [-0.1, -0.05) is 27.7 Å². The van der Waals surface area contributed by atoms with E-state index in [9.17, 15) is 19.1 Å². The zero-order valence-corrected chi connectivity index (χ0v) is 16.4. The summed E-state index contributed by atoms with van der Waals surface area (Å²) in [5.41, 5.74) is 1.64. The fraction of sp³-hybridized carbons (Fsp3) is 0.364. The fourth-order valence-electron chi connectivity index (χ4n) is 3.73. The number of halogens is 1. The van der Waals surface area contributed by atoms with Gasteiger partial charge in [-0.05, 0) is 65.1 Å². The highest BCUT2D eigenvalue weighted by atomic mass is 19.1. The molecule has 0 unspecified atom stereocenters. The number of aromatic carboxylic acids is 1. The van der Waals surface area contributed by atoms with E-state index in [0.717, 1.165) is 36.1 Å². The number of phenolic OH excluding ortho intramolecular Hbond substituents is 1. The number of nitrogens with one attached hydrogen (secondary N) is 1. The first-order valence-corrected chi connectivity index (χ1v) is 9.14. The minimum Gasteiger partial charge on any atom is -0.506 e. The molecule has 0 aromatic heterocycles. The molecule has 0 saturated carbocycles. The van der Waals surface area contributed by atoms with Crippen LogP contribution < -0.4 is 5.32 Å². The number of benzene rings is 2. The standard InChI is InChI=1S/C22H24FNO4/c1-21(2)7-8-22(3,4)15-11-18(25)17(10-14(15)21)24-19(26)12-5-6-13(20(27)28)16(23)9-12/h5-6,9-11,25H,7-8H2,1-4H3,(H,24,26)(H,27,28). The van der Waals surface area contributed by atoms with Gasteiger partial charge in [-0.25, -0.2) is 9.18 Å². The molecule has 0 heterocycles. The van der Waals surface area contributed by atoms with E-state index >= 15 is 0 Å². The summed E-state index contributed by atoms with van der Waals surface area (Å²) in [6.45, 7) is 8.52. The van der Waals surface area contributed by atoms with Gasteiger partial charge in [-0.15, -0.1) is 0 Å². The molecule has 0 spiro atoms. The van der Waals surface area contributed by atoms with Crippen LogP contribution in [-0.4, -0.2) is 22.1 Å². The lowest BCUT2D eigenvalue weighted by Crippen LogP contribution is -2.34. The molecule has 1 aliphatic rings. The molecule has 0 fully saturated rings. The van der Waals surface area contributed by atoms with Gasteiger partial charge in [-0.2, -0.15) is 0 Å². The van der Waals surface area contributed by atoms with Gasteiger partial charge in [-0.3, -0.25) is 4.79 Å². The number of rotatable bonds is 3. The number of carbonyl (C=O) groups excluding carboxylic acids is 1. The molecule has 6 heteroatoms. The van der Waals surface area contributed by atoms with E-state index in [2.05, 4.69) is 33.0 Å². The van der Waals surface area contributed by atoms with E-state index in [-0.39, 0.29) is 27.8 Å². The molecule has 0 bridgehead atoms. The molecular formula is C22H24FNO4. The van der Waals surface area contributed by atoms with Crippen molar-refractivity contribution in [3.63, 3.8) is 0 Å². The van der Waals surface area contributed by atoms with Gasteiger partial charge in [0.05, 0.1) is 11.3 Å². The molecule has 28 heavy (non-hydrogen) atoms. The smallest absolute Gasteiger partial charge is 0.338 e. The number of carboxylic acids is 1. The second-order valence-corrected chi connectivity index (χ2v) is 8.64. The van der Waals surface area contributed by atoms with E-state index in [1.165, 1.54) is 6.07 Å². The summed E-state index contributed by atoms with van der Waals surface area (Å²) in [6, 6.07) is 6.64. The Balaban J connectivity index is 1.96. The van der Waals surface area contributed by atoms with Crippen LogP contribution in [0.15, 0.2) is 30.3 Å². The highest BCUT2D eigenvalue weighted by Crippen LogP contribution is 2.48. The van der Waals surface area contributed by atoms with Crippen molar-refractivity contribution < 1.29 is 24.2 Å². The largest absolute Gasteiger partial charge is 0.506 e. The monoisotopic (exact) mass is 385 g/mol. The third kappa shape index (κ3) is 3.46. The summed E-state index contributed by atoms with van der Waals surface area (Å²) in [4.78, 5) is 23.4. The normalized spacial score (nSPS) is 16.9. The lowest BCUT2D eigenvalue weighted by molar-refractivity contribution is 0.0691. The number of fused-ring (bicyclic) bond motifs is 1. The number of hydrogen-bond acceptors (Lipinski definition) is 3. The highest BCUT2D eigenvalue weighted by Gasteiger charge is 2.38. The molecule has 3 rings (SSSR count). The summed E-state index contributed by atoms with van der Waals surface area (Å²) >= 11 is 0. The Bertz CT molecular complexity index is 979. The van der Waals surface area contributed by atoms with Crippen molar-refractivity contribution in [3.05, 3.63) is 58.4 Å². The van der Waals surface area contributed by atoms with Crippen LogP contribution in [0.3, 0.4) is 0 Å². The Morgan fingerprint density at radius 1 is 1.00 bits per heavy atom. The molecule has 5 nitrogen and oxygen atoms in total. The Kier molecular flexibility index (Phi) is 4.69. The molecule has 1 aliphatic carbocycles. The van der Waals surface area contributed by atoms with E-state index in [0.29, 0.717) is 0 Å². The minimum atomic E-state index is -1.40. The first-order chi connectivity index (χ1) is 12.9. The van der Waals surface area contributed by atoms with Crippen LogP contribution in [0.4, 0.5) is 10.1 Å². The third-order valence-electron chi connectivity index (χ3n) is 5.68. The molecule has 0 saturated heterocycles. The van der Waals surface area contributed by atoms with Gasteiger partial charge >= 0.3 is 5.97 Å². The van der Waals surface area contributed by atoms with Gasteiger partial charge in [0.15, 0.2) is 0 Å². The van der Waals surface area contributed by atoms with Gasteiger partial charge in [0, 0.05) is 5.56 Å². The Morgan fingerprint density at radius 2 is 1.57 bits per heavy atom. The van der Waals surface area contributed by atoms with Crippen LogP contribution >= 0.6 is 0 Å². The maximum absolute atomic E-state index is 13.9. The third-order valence-corrected chi connectivity index (χ3v) is 5.68. The van der Waals surface area contributed by atoms with E-state index in [1.807, 2.05) is 0 Å². The van der Waals surface area contributed by atoms with Crippen molar-refractivity contribution in [2.75, 3.05) is 5.32 Å². The first kappa shape index (κ1) is 19.9. The summed E-state index contributed by atoms with van der Waals surface area (Å²) in [5, 5.41) is 22.0. The molecule has 0 atom stereocenters. The maximum Gasteiger partial charge on any atom is 0.338 e. The zero-order chi connectivity index (χ0) is 20.9. The van der Waals surface area contributed by atoms with Crippen LogP contribution in [0.1, 0.15) is 72.4 Å². The summed E-state index contributed by atoms with van der Waals surface area (Å²) in [6.07, 6.45) is 1.97. The second kappa shape index (κ2) is 6.62. The number of aromatic hydroxyl groups is 1. The number of hydrogen-bond donors (Lipinski definition) is 3. The SMILES string of the molecule is CC1(C)CCC(C)(C)c2cc(NC(=O)c3ccc(C(=O)O)c(F)c3)c(O)cc21. The van der Waals surface area contributed by atoms with Crippen molar-refractivity contribution in [1.82, 2.24) is 0 Å². The molecule has 148 valence electrons. The number of carbonyl (C=O) groups is 2. The average molecular weight is 385 g/mol. The van der Waals surface area contributed by atoms with E-state index in [1.54, 1.807) is 12.1 Å². The van der Waals surface area contributed by atoms with Crippen LogP contribution in [-0.2, 0) is 10.8 Å². The molecule has 0 radical (unpaired) electrons. The topological polar surface area (TPSA) is 86.6 Å². The molecule has 1 amide bonds. The van der Waals surface area contributed by atoms with Crippen LogP contribution in [0.5, 0.6) is 5.75 Å². The zero-order valence-electron chi connectivity index (χ0n) is 16.4. The average Bonchev–Trinajstić information content (AvgIpc) is 2.60. The summed E-state index contributed by atoms with van der Waals surface area (Å²) < 4.78 is 13.9. The second-order valence-electron chi connectivity index (χ2n) is 8.64. The van der Waals surface area contributed by atoms with Crippen LogP contribution in [0.2, 0.25) is 0 Å². The van der Waals surface area contributed by atoms with E-state index < -0.39 is 23.3 Å².